The predicted octanol–water partition coefficient (Wildman–Crippen LogP) is 4.75. The molecule has 0 saturated carbocycles. The number of likely N-dealkylation sites (N-methyl/N-ethyl adjacent to an activating group) is 1. The lowest BCUT2D eigenvalue weighted by Gasteiger charge is -2.21. The van der Waals surface area contributed by atoms with Gasteiger partial charge in [0.15, 0.2) is 5.84 Å². The van der Waals surface area contributed by atoms with Crippen LogP contribution in [0, 0.1) is 6.92 Å². The minimum atomic E-state index is -0.176. The first kappa shape index (κ1) is 29.7. The highest BCUT2D eigenvalue weighted by molar-refractivity contribution is 6.03. The number of carbonyl (C=O) groups is 1. The van der Waals surface area contributed by atoms with Crippen molar-refractivity contribution in [1.29, 1.82) is 0 Å². The van der Waals surface area contributed by atoms with Crippen LogP contribution in [0.5, 0.6) is 0 Å². The predicted molar refractivity (Wildman–Crippen MR) is 168 cm³/mol. The first-order valence-corrected chi connectivity index (χ1v) is 14.1. The highest BCUT2D eigenvalue weighted by Gasteiger charge is 2.19. The number of rotatable bonds is 8. The number of aliphatic imine (C=N–C) groups is 1. The van der Waals surface area contributed by atoms with Crippen molar-refractivity contribution in [3.63, 3.8) is 0 Å². The van der Waals surface area contributed by atoms with E-state index >= 15 is 0 Å². The van der Waals surface area contributed by atoms with Crippen LogP contribution >= 0.6 is 0 Å². The van der Waals surface area contributed by atoms with Crippen LogP contribution in [0.15, 0.2) is 66.4 Å². The molecule has 0 atom stereocenters. The normalized spacial score (nSPS) is 14.9. The van der Waals surface area contributed by atoms with Crippen molar-refractivity contribution >= 4 is 29.1 Å². The maximum absolute atomic E-state index is 13.0. The van der Waals surface area contributed by atoms with Crippen molar-refractivity contribution in [3.8, 4) is 0 Å². The van der Waals surface area contributed by atoms with Gasteiger partial charge in [-0.2, -0.15) is 0 Å². The van der Waals surface area contributed by atoms with Crippen LogP contribution in [0.4, 0.5) is 17.3 Å². The Bertz CT molecular complexity index is 1410. The standard InChI is InChI=1S/C32H42N8O/c1-7-34-27-21-36-31(40-16-8-15-39(6)17-18-40)38-28(27)29(33)37-26-19-24(12-9-22(26)2)30(41)35-20-23-10-13-25(14-11-23)32(3,4)5/h7,9-14,19,21,34H,1,8,15-18,20H2,2-6H3,(H2,33,37)(H,35,41). The van der Waals surface area contributed by atoms with Gasteiger partial charge in [-0.1, -0.05) is 57.7 Å². The quantitative estimate of drug-likeness (QED) is 0.272. The van der Waals surface area contributed by atoms with Gasteiger partial charge in [-0.15, -0.1) is 0 Å². The van der Waals surface area contributed by atoms with E-state index in [-0.39, 0.29) is 17.2 Å². The number of amides is 1. The number of nitrogens with two attached hydrogens (primary N) is 1. The maximum atomic E-state index is 13.0. The zero-order valence-corrected chi connectivity index (χ0v) is 24.9. The Balaban J connectivity index is 1.54. The molecule has 9 heteroatoms. The number of aryl methyl sites for hydroxylation is 1. The van der Waals surface area contributed by atoms with E-state index in [4.69, 9.17) is 15.7 Å². The molecule has 0 aliphatic carbocycles. The molecular weight excluding hydrogens is 512 g/mol. The molecule has 4 N–H and O–H groups in total. The molecule has 1 fully saturated rings. The molecule has 0 radical (unpaired) electrons. The molecule has 1 aliphatic heterocycles. The van der Waals surface area contributed by atoms with E-state index in [1.165, 1.54) is 5.56 Å². The van der Waals surface area contributed by atoms with Gasteiger partial charge in [0.25, 0.3) is 5.91 Å². The summed E-state index contributed by atoms with van der Waals surface area (Å²) in [5, 5.41) is 6.08. The van der Waals surface area contributed by atoms with Gasteiger partial charge in [0.1, 0.15) is 5.69 Å². The SMILES string of the molecule is C=CNc1cnc(N2CCCN(C)CC2)nc1C(N)=Nc1cc(C(=O)NCc2ccc(C(C)(C)C)cc2)ccc1C. The van der Waals surface area contributed by atoms with E-state index in [1.54, 1.807) is 24.5 Å². The Morgan fingerprint density at radius 2 is 1.88 bits per heavy atom. The van der Waals surface area contributed by atoms with Gasteiger partial charge in [-0.25, -0.2) is 15.0 Å². The Kier molecular flexibility index (Phi) is 9.39. The lowest BCUT2D eigenvalue weighted by atomic mass is 9.87. The van der Waals surface area contributed by atoms with Crippen LogP contribution in [0.25, 0.3) is 0 Å². The maximum Gasteiger partial charge on any atom is 0.251 e. The van der Waals surface area contributed by atoms with E-state index in [9.17, 15) is 4.79 Å². The molecule has 2 aromatic carbocycles. The molecule has 1 aliphatic rings. The molecule has 9 nitrogen and oxygen atoms in total. The Morgan fingerprint density at radius 1 is 1.12 bits per heavy atom. The minimum Gasteiger partial charge on any atom is -0.382 e. The van der Waals surface area contributed by atoms with Crippen LogP contribution < -0.4 is 21.3 Å². The molecule has 4 rings (SSSR count). The van der Waals surface area contributed by atoms with Crippen molar-refractivity contribution in [1.82, 2.24) is 20.2 Å². The summed E-state index contributed by atoms with van der Waals surface area (Å²) < 4.78 is 0. The molecular formula is C32H42N8O. The Hall–Kier alpha value is -4.24. The van der Waals surface area contributed by atoms with Crippen molar-refractivity contribution in [3.05, 3.63) is 89.4 Å². The van der Waals surface area contributed by atoms with E-state index in [0.29, 0.717) is 35.1 Å². The zero-order valence-electron chi connectivity index (χ0n) is 24.9. The third-order valence-electron chi connectivity index (χ3n) is 7.26. The fourth-order valence-electron chi connectivity index (χ4n) is 4.64. The minimum absolute atomic E-state index is 0.0856. The molecule has 1 amide bonds. The van der Waals surface area contributed by atoms with Gasteiger partial charge < -0.3 is 26.2 Å². The number of aromatic nitrogens is 2. The fourth-order valence-corrected chi connectivity index (χ4v) is 4.64. The summed E-state index contributed by atoms with van der Waals surface area (Å²) in [6.07, 6.45) is 4.30. The average molecular weight is 555 g/mol. The summed E-state index contributed by atoms with van der Waals surface area (Å²) >= 11 is 0. The van der Waals surface area contributed by atoms with Crippen molar-refractivity contribution in [2.75, 3.05) is 43.4 Å². The third-order valence-corrected chi connectivity index (χ3v) is 7.26. The second kappa shape index (κ2) is 13.0. The van der Waals surface area contributed by atoms with Crippen molar-refractivity contribution in [2.24, 2.45) is 10.7 Å². The summed E-state index contributed by atoms with van der Waals surface area (Å²) in [7, 11) is 2.12. The number of nitrogens with zero attached hydrogens (tertiary/aromatic N) is 5. The number of nitrogens with one attached hydrogen (secondary N) is 2. The smallest absolute Gasteiger partial charge is 0.251 e. The van der Waals surface area contributed by atoms with E-state index in [2.05, 4.69) is 84.1 Å². The number of hydrogen-bond donors (Lipinski definition) is 3. The number of amidine groups is 1. The molecule has 2 heterocycles. The largest absolute Gasteiger partial charge is 0.382 e. The number of anilines is 2. The van der Waals surface area contributed by atoms with Gasteiger partial charge in [-0.3, -0.25) is 4.79 Å². The molecule has 41 heavy (non-hydrogen) atoms. The molecule has 1 aromatic heterocycles. The van der Waals surface area contributed by atoms with Gasteiger partial charge in [-0.05, 0) is 67.4 Å². The molecule has 0 spiro atoms. The Morgan fingerprint density at radius 3 is 2.59 bits per heavy atom. The summed E-state index contributed by atoms with van der Waals surface area (Å²) in [5.74, 6) is 0.664. The lowest BCUT2D eigenvalue weighted by Crippen LogP contribution is -2.31. The second-order valence-electron chi connectivity index (χ2n) is 11.6. The molecule has 0 bridgehead atoms. The molecule has 216 valence electrons. The first-order chi connectivity index (χ1) is 19.5. The van der Waals surface area contributed by atoms with E-state index < -0.39 is 0 Å². The van der Waals surface area contributed by atoms with E-state index in [0.717, 1.165) is 43.7 Å². The van der Waals surface area contributed by atoms with Gasteiger partial charge in [0.2, 0.25) is 5.95 Å². The van der Waals surface area contributed by atoms with Crippen LogP contribution in [0.3, 0.4) is 0 Å². The highest BCUT2D eigenvalue weighted by Crippen LogP contribution is 2.24. The van der Waals surface area contributed by atoms with Crippen LogP contribution in [-0.4, -0.2) is 59.8 Å². The number of benzene rings is 2. The summed E-state index contributed by atoms with van der Waals surface area (Å²) in [5.41, 5.74) is 12.0. The summed E-state index contributed by atoms with van der Waals surface area (Å²) in [6.45, 7) is 16.4. The topological polar surface area (TPSA) is 112 Å². The van der Waals surface area contributed by atoms with Crippen LogP contribution in [-0.2, 0) is 12.0 Å². The van der Waals surface area contributed by atoms with Gasteiger partial charge in [0, 0.05) is 31.7 Å². The highest BCUT2D eigenvalue weighted by atomic mass is 16.1. The first-order valence-electron chi connectivity index (χ1n) is 14.1. The van der Waals surface area contributed by atoms with E-state index in [1.807, 2.05) is 13.0 Å². The summed E-state index contributed by atoms with van der Waals surface area (Å²) in [4.78, 5) is 31.6. The van der Waals surface area contributed by atoms with Crippen LogP contribution in [0.2, 0.25) is 0 Å². The number of carbonyl (C=O) groups excluding carboxylic acids is 1. The fraction of sp³-hybridized carbons (Fsp3) is 0.375. The Labute approximate surface area is 243 Å². The van der Waals surface area contributed by atoms with Crippen molar-refractivity contribution in [2.45, 2.75) is 46.1 Å². The monoisotopic (exact) mass is 554 g/mol. The molecule has 3 aromatic rings. The molecule has 0 unspecified atom stereocenters. The zero-order chi connectivity index (χ0) is 29.6. The van der Waals surface area contributed by atoms with Crippen molar-refractivity contribution < 1.29 is 4.79 Å². The number of hydrogen-bond acceptors (Lipinski definition) is 7. The third kappa shape index (κ3) is 7.70. The summed E-state index contributed by atoms with van der Waals surface area (Å²) in [6, 6.07) is 13.8. The van der Waals surface area contributed by atoms with Gasteiger partial charge in [0.05, 0.1) is 17.6 Å². The average Bonchev–Trinajstić information content (AvgIpc) is 3.17. The molecule has 1 saturated heterocycles. The second-order valence-corrected chi connectivity index (χ2v) is 11.6. The van der Waals surface area contributed by atoms with Crippen LogP contribution in [0.1, 0.15) is 59.9 Å². The van der Waals surface area contributed by atoms with Gasteiger partial charge >= 0.3 is 0 Å². The lowest BCUT2D eigenvalue weighted by molar-refractivity contribution is 0.0951.